The van der Waals surface area contributed by atoms with E-state index in [0.717, 1.165) is 15.7 Å². The van der Waals surface area contributed by atoms with Crippen molar-refractivity contribution in [2.24, 2.45) is 5.73 Å². The van der Waals surface area contributed by atoms with Crippen LogP contribution in [-0.4, -0.2) is 11.0 Å². The molecule has 1 atom stereocenters. The predicted molar refractivity (Wildman–Crippen MR) is 73.7 cm³/mol. The van der Waals surface area contributed by atoms with Gasteiger partial charge in [-0.2, -0.15) is 0 Å². The summed E-state index contributed by atoms with van der Waals surface area (Å²) in [5.74, 6) is -0.238. The smallest absolute Gasteiger partial charge is 0.123 e. The SMILES string of the molecule is NC(Cc1ccccn1)Cc1cc(F)ccc1Br. The number of hydrogen-bond acceptors (Lipinski definition) is 2. The molecule has 4 heteroatoms. The van der Waals surface area contributed by atoms with E-state index in [2.05, 4.69) is 20.9 Å². The molecule has 18 heavy (non-hydrogen) atoms. The third-order valence-electron chi connectivity index (χ3n) is 2.69. The van der Waals surface area contributed by atoms with Gasteiger partial charge in [-0.1, -0.05) is 22.0 Å². The number of aromatic nitrogens is 1. The van der Waals surface area contributed by atoms with Crippen LogP contribution in [0.4, 0.5) is 4.39 Å². The zero-order chi connectivity index (χ0) is 13.0. The van der Waals surface area contributed by atoms with E-state index >= 15 is 0 Å². The fraction of sp³-hybridized carbons (Fsp3) is 0.214. The van der Waals surface area contributed by atoms with Crippen LogP contribution in [0.3, 0.4) is 0 Å². The van der Waals surface area contributed by atoms with Crippen molar-refractivity contribution in [1.82, 2.24) is 4.98 Å². The molecule has 0 radical (unpaired) electrons. The Morgan fingerprint density at radius 3 is 2.78 bits per heavy atom. The van der Waals surface area contributed by atoms with Crippen molar-refractivity contribution in [1.29, 1.82) is 0 Å². The lowest BCUT2D eigenvalue weighted by Gasteiger charge is -2.12. The van der Waals surface area contributed by atoms with E-state index in [1.807, 2.05) is 18.2 Å². The van der Waals surface area contributed by atoms with Crippen molar-refractivity contribution >= 4 is 15.9 Å². The molecule has 0 saturated carbocycles. The van der Waals surface area contributed by atoms with Crippen LogP contribution in [0.2, 0.25) is 0 Å². The first-order valence-corrected chi connectivity index (χ1v) is 6.54. The van der Waals surface area contributed by atoms with Gasteiger partial charge in [-0.3, -0.25) is 4.98 Å². The Labute approximate surface area is 114 Å². The van der Waals surface area contributed by atoms with Crippen LogP contribution < -0.4 is 5.73 Å². The molecule has 0 fully saturated rings. The number of benzene rings is 1. The fourth-order valence-corrected chi connectivity index (χ4v) is 2.25. The van der Waals surface area contributed by atoms with Gasteiger partial charge in [-0.15, -0.1) is 0 Å². The predicted octanol–water partition coefficient (Wildman–Crippen LogP) is 3.10. The molecule has 2 nitrogen and oxygen atoms in total. The van der Waals surface area contributed by atoms with Crippen LogP contribution >= 0.6 is 15.9 Å². The molecule has 1 heterocycles. The number of rotatable bonds is 4. The quantitative estimate of drug-likeness (QED) is 0.942. The Morgan fingerprint density at radius 1 is 1.22 bits per heavy atom. The molecule has 2 aromatic rings. The number of pyridine rings is 1. The summed E-state index contributed by atoms with van der Waals surface area (Å²) < 4.78 is 14.0. The number of halogens is 2. The van der Waals surface area contributed by atoms with Gasteiger partial charge in [0.2, 0.25) is 0 Å². The van der Waals surface area contributed by atoms with Crippen molar-refractivity contribution in [3.8, 4) is 0 Å². The van der Waals surface area contributed by atoms with Gasteiger partial charge >= 0.3 is 0 Å². The second-order valence-electron chi connectivity index (χ2n) is 4.23. The summed E-state index contributed by atoms with van der Waals surface area (Å²) in [7, 11) is 0. The van der Waals surface area contributed by atoms with Crippen molar-refractivity contribution in [2.75, 3.05) is 0 Å². The topological polar surface area (TPSA) is 38.9 Å². The average molecular weight is 309 g/mol. The number of nitrogens with zero attached hydrogens (tertiary/aromatic N) is 1. The van der Waals surface area contributed by atoms with E-state index in [0.29, 0.717) is 12.8 Å². The van der Waals surface area contributed by atoms with E-state index in [-0.39, 0.29) is 11.9 Å². The molecular formula is C14H14BrFN2. The molecule has 1 aromatic carbocycles. The molecule has 94 valence electrons. The second kappa shape index (κ2) is 6.07. The summed E-state index contributed by atoms with van der Waals surface area (Å²) >= 11 is 3.41. The molecule has 1 aromatic heterocycles. The highest BCUT2D eigenvalue weighted by Crippen LogP contribution is 2.19. The molecule has 0 saturated heterocycles. The molecule has 0 spiro atoms. The summed E-state index contributed by atoms with van der Waals surface area (Å²) in [6.07, 6.45) is 3.05. The summed E-state index contributed by atoms with van der Waals surface area (Å²) in [6, 6.07) is 10.3. The van der Waals surface area contributed by atoms with Crippen LogP contribution in [0.1, 0.15) is 11.3 Å². The van der Waals surface area contributed by atoms with E-state index in [1.165, 1.54) is 12.1 Å². The lowest BCUT2D eigenvalue weighted by molar-refractivity contribution is 0.615. The van der Waals surface area contributed by atoms with Crippen LogP contribution in [0.5, 0.6) is 0 Å². The monoisotopic (exact) mass is 308 g/mol. The molecule has 2 rings (SSSR count). The van der Waals surface area contributed by atoms with Gasteiger partial charge < -0.3 is 5.73 Å². The van der Waals surface area contributed by atoms with Gasteiger partial charge in [0.15, 0.2) is 0 Å². The van der Waals surface area contributed by atoms with Crippen LogP contribution in [0.25, 0.3) is 0 Å². The van der Waals surface area contributed by atoms with Crippen LogP contribution in [-0.2, 0) is 12.8 Å². The molecular weight excluding hydrogens is 295 g/mol. The van der Waals surface area contributed by atoms with Crippen molar-refractivity contribution in [3.63, 3.8) is 0 Å². The van der Waals surface area contributed by atoms with Crippen molar-refractivity contribution in [2.45, 2.75) is 18.9 Å². The second-order valence-corrected chi connectivity index (χ2v) is 5.08. The Balaban J connectivity index is 2.03. The molecule has 0 amide bonds. The maximum absolute atomic E-state index is 13.2. The standard InChI is InChI=1S/C14H14BrFN2/c15-14-5-4-11(16)7-10(14)8-12(17)9-13-3-1-2-6-18-13/h1-7,12H,8-9,17H2. The minimum atomic E-state index is -0.238. The lowest BCUT2D eigenvalue weighted by Crippen LogP contribution is -2.26. The summed E-state index contributed by atoms with van der Waals surface area (Å²) in [4.78, 5) is 4.23. The average Bonchev–Trinajstić information content (AvgIpc) is 2.35. The van der Waals surface area contributed by atoms with Gasteiger partial charge in [-0.05, 0) is 42.3 Å². The zero-order valence-electron chi connectivity index (χ0n) is 9.81. The van der Waals surface area contributed by atoms with Gasteiger partial charge in [-0.25, -0.2) is 4.39 Å². The highest BCUT2D eigenvalue weighted by molar-refractivity contribution is 9.10. The first-order valence-electron chi connectivity index (χ1n) is 5.74. The molecule has 0 aliphatic rings. The first-order chi connectivity index (χ1) is 8.65. The highest BCUT2D eigenvalue weighted by atomic mass is 79.9. The van der Waals surface area contributed by atoms with E-state index in [4.69, 9.17) is 5.73 Å². The molecule has 0 aliphatic carbocycles. The number of hydrogen-bond donors (Lipinski definition) is 1. The normalized spacial score (nSPS) is 12.4. The van der Waals surface area contributed by atoms with Gasteiger partial charge in [0.25, 0.3) is 0 Å². The Kier molecular flexibility index (Phi) is 4.44. The summed E-state index contributed by atoms with van der Waals surface area (Å²) in [5.41, 5.74) is 7.92. The minimum Gasteiger partial charge on any atom is -0.327 e. The molecule has 1 unspecified atom stereocenters. The third kappa shape index (κ3) is 3.62. The number of nitrogens with two attached hydrogens (primary N) is 1. The zero-order valence-corrected chi connectivity index (χ0v) is 11.4. The summed E-state index contributed by atoms with van der Waals surface area (Å²) in [6.45, 7) is 0. The summed E-state index contributed by atoms with van der Waals surface area (Å²) in [5, 5.41) is 0. The lowest BCUT2D eigenvalue weighted by atomic mass is 10.0. The highest BCUT2D eigenvalue weighted by Gasteiger charge is 2.09. The van der Waals surface area contributed by atoms with Gasteiger partial charge in [0.05, 0.1) is 0 Å². The van der Waals surface area contributed by atoms with Gasteiger partial charge in [0, 0.05) is 28.8 Å². The molecule has 0 bridgehead atoms. The van der Waals surface area contributed by atoms with E-state index in [1.54, 1.807) is 12.3 Å². The maximum Gasteiger partial charge on any atom is 0.123 e. The Morgan fingerprint density at radius 2 is 2.06 bits per heavy atom. The molecule has 2 N–H and O–H groups in total. The van der Waals surface area contributed by atoms with E-state index < -0.39 is 0 Å². The first kappa shape index (κ1) is 13.2. The maximum atomic E-state index is 13.2. The Hall–Kier alpha value is -1.26. The van der Waals surface area contributed by atoms with Crippen LogP contribution in [0, 0.1) is 5.82 Å². The van der Waals surface area contributed by atoms with Crippen molar-refractivity contribution in [3.05, 3.63) is 64.1 Å². The molecule has 0 aliphatic heterocycles. The fourth-order valence-electron chi connectivity index (χ4n) is 1.84. The van der Waals surface area contributed by atoms with E-state index in [9.17, 15) is 4.39 Å². The Bertz CT molecular complexity index is 516. The van der Waals surface area contributed by atoms with Crippen molar-refractivity contribution < 1.29 is 4.39 Å². The third-order valence-corrected chi connectivity index (χ3v) is 3.46. The minimum absolute atomic E-state index is 0.0713. The van der Waals surface area contributed by atoms with Gasteiger partial charge in [0.1, 0.15) is 5.82 Å². The largest absolute Gasteiger partial charge is 0.327 e. The van der Waals surface area contributed by atoms with Crippen LogP contribution in [0.15, 0.2) is 47.1 Å².